The van der Waals surface area contributed by atoms with Crippen molar-refractivity contribution in [2.75, 3.05) is 18.5 Å². The number of alkyl halides is 3. The van der Waals surface area contributed by atoms with E-state index < -0.39 is 12.6 Å². The zero-order chi connectivity index (χ0) is 15.7. The number of benzene rings is 1. The summed E-state index contributed by atoms with van der Waals surface area (Å²) < 4.78 is 40.6. The topological polar surface area (TPSA) is 64.3 Å². The molecule has 21 heavy (non-hydrogen) atoms. The Bertz CT molecular complexity index is 433. The molecule has 0 saturated heterocycles. The molecule has 3 N–H and O–H groups in total. The summed E-state index contributed by atoms with van der Waals surface area (Å²) in [5.41, 5.74) is 7.07. The number of anilines is 1. The molecule has 0 heterocycles. The van der Waals surface area contributed by atoms with Gasteiger partial charge in [-0.25, -0.2) is 0 Å². The van der Waals surface area contributed by atoms with Crippen molar-refractivity contribution in [3.63, 3.8) is 0 Å². The molecule has 0 spiro atoms. The third-order valence-corrected chi connectivity index (χ3v) is 2.70. The number of rotatable bonds is 8. The van der Waals surface area contributed by atoms with Crippen molar-refractivity contribution in [3.8, 4) is 0 Å². The molecule has 0 radical (unpaired) electrons. The Morgan fingerprint density at radius 3 is 2.43 bits per heavy atom. The number of hydrogen-bond acceptors (Lipinski definition) is 3. The second-order valence-electron chi connectivity index (χ2n) is 4.53. The first-order chi connectivity index (χ1) is 9.90. The molecule has 0 saturated carbocycles. The predicted molar refractivity (Wildman–Crippen MR) is 73.7 cm³/mol. The quantitative estimate of drug-likeness (QED) is 0.726. The monoisotopic (exact) mass is 304 g/mol. The lowest BCUT2D eigenvalue weighted by molar-refractivity contribution is -0.138. The van der Waals surface area contributed by atoms with Gasteiger partial charge < -0.3 is 15.8 Å². The first-order valence-electron chi connectivity index (χ1n) is 6.64. The Hall–Kier alpha value is -1.60. The Kier molecular flexibility index (Phi) is 7.18. The second kappa shape index (κ2) is 8.63. The fraction of sp³-hybridized carbons (Fsp3) is 0.500. The number of nitrogens with two attached hydrogens (primary N) is 1. The largest absolute Gasteiger partial charge is 0.389 e. The molecule has 0 aliphatic heterocycles. The summed E-state index contributed by atoms with van der Waals surface area (Å²) in [6.07, 6.45) is -5.01. The Morgan fingerprint density at radius 2 is 1.86 bits per heavy atom. The highest BCUT2D eigenvalue weighted by atomic mass is 19.4. The maximum Gasteiger partial charge on any atom is 0.389 e. The summed E-state index contributed by atoms with van der Waals surface area (Å²) in [7, 11) is 0. The van der Waals surface area contributed by atoms with Crippen LogP contribution in [0.2, 0.25) is 0 Å². The summed E-state index contributed by atoms with van der Waals surface area (Å²) in [5, 5.41) is 2.67. The van der Waals surface area contributed by atoms with E-state index >= 15 is 0 Å². The summed E-state index contributed by atoms with van der Waals surface area (Å²) >= 11 is 0. The third-order valence-electron chi connectivity index (χ3n) is 2.70. The molecular formula is C14H19F3N2O2. The number of halogens is 3. The fourth-order valence-corrected chi connectivity index (χ4v) is 1.59. The summed E-state index contributed by atoms with van der Waals surface area (Å²) in [6.45, 7) is 0.530. The van der Waals surface area contributed by atoms with Crippen LogP contribution in [0.1, 0.15) is 24.8 Å². The zero-order valence-electron chi connectivity index (χ0n) is 11.6. The summed E-state index contributed by atoms with van der Waals surface area (Å²) in [6, 6.07) is 7.10. The lowest BCUT2D eigenvalue weighted by atomic mass is 10.2. The van der Waals surface area contributed by atoms with Crippen molar-refractivity contribution in [3.05, 3.63) is 29.8 Å². The average molecular weight is 304 g/mol. The minimum absolute atomic E-state index is 0.00200. The van der Waals surface area contributed by atoms with Crippen LogP contribution in [0.25, 0.3) is 0 Å². The van der Waals surface area contributed by atoms with E-state index in [2.05, 4.69) is 5.32 Å². The molecule has 0 fully saturated rings. The highest BCUT2D eigenvalue weighted by molar-refractivity contribution is 5.90. The normalized spacial score (nSPS) is 11.4. The van der Waals surface area contributed by atoms with Gasteiger partial charge in [0, 0.05) is 25.3 Å². The molecule has 1 rings (SSSR count). The van der Waals surface area contributed by atoms with Crippen LogP contribution < -0.4 is 11.1 Å². The van der Waals surface area contributed by atoms with Crippen LogP contribution in [0.4, 0.5) is 18.9 Å². The van der Waals surface area contributed by atoms with E-state index in [0.717, 1.165) is 5.56 Å². The molecule has 1 aromatic rings. The molecule has 4 nitrogen and oxygen atoms in total. The Morgan fingerprint density at radius 1 is 1.19 bits per heavy atom. The minimum Gasteiger partial charge on any atom is -0.381 e. The molecule has 0 unspecified atom stereocenters. The Balaban J connectivity index is 2.13. The van der Waals surface area contributed by atoms with Crippen molar-refractivity contribution >= 4 is 11.6 Å². The lowest BCUT2D eigenvalue weighted by Gasteiger charge is -2.08. The molecule has 0 aromatic heterocycles. The maximum absolute atomic E-state index is 11.9. The van der Waals surface area contributed by atoms with Gasteiger partial charge in [0.2, 0.25) is 5.91 Å². The van der Waals surface area contributed by atoms with Crippen LogP contribution in [-0.2, 0) is 16.1 Å². The van der Waals surface area contributed by atoms with Crippen molar-refractivity contribution in [1.82, 2.24) is 0 Å². The number of carbonyl (C=O) groups is 1. The van der Waals surface area contributed by atoms with E-state index in [0.29, 0.717) is 12.2 Å². The number of nitrogens with one attached hydrogen (secondary N) is 1. The molecule has 1 aromatic carbocycles. The molecule has 0 bridgehead atoms. The van der Waals surface area contributed by atoms with Crippen LogP contribution in [0.3, 0.4) is 0 Å². The van der Waals surface area contributed by atoms with E-state index in [1.807, 2.05) is 12.1 Å². The van der Waals surface area contributed by atoms with Crippen LogP contribution in [-0.4, -0.2) is 25.3 Å². The van der Waals surface area contributed by atoms with Gasteiger partial charge in [0.1, 0.15) is 0 Å². The van der Waals surface area contributed by atoms with Crippen LogP contribution in [0, 0.1) is 0 Å². The number of amides is 1. The predicted octanol–water partition coefficient (Wildman–Crippen LogP) is 2.83. The van der Waals surface area contributed by atoms with E-state index in [9.17, 15) is 18.0 Å². The van der Waals surface area contributed by atoms with Gasteiger partial charge in [-0.05, 0) is 24.1 Å². The van der Waals surface area contributed by atoms with Crippen LogP contribution in [0.5, 0.6) is 0 Å². The molecular weight excluding hydrogens is 285 g/mol. The third kappa shape index (κ3) is 8.31. The van der Waals surface area contributed by atoms with E-state index in [-0.39, 0.29) is 32.0 Å². The van der Waals surface area contributed by atoms with Crippen molar-refractivity contribution < 1.29 is 22.7 Å². The van der Waals surface area contributed by atoms with Gasteiger partial charge in [-0.1, -0.05) is 12.1 Å². The van der Waals surface area contributed by atoms with Gasteiger partial charge in [-0.2, -0.15) is 13.2 Å². The van der Waals surface area contributed by atoms with Gasteiger partial charge in [0.25, 0.3) is 0 Å². The second-order valence-corrected chi connectivity index (χ2v) is 4.53. The molecule has 118 valence electrons. The van der Waals surface area contributed by atoms with Gasteiger partial charge in [-0.3, -0.25) is 4.79 Å². The fourth-order valence-electron chi connectivity index (χ4n) is 1.59. The molecule has 0 atom stereocenters. The van der Waals surface area contributed by atoms with E-state index in [1.165, 1.54) is 0 Å². The lowest BCUT2D eigenvalue weighted by Crippen LogP contribution is -2.15. The van der Waals surface area contributed by atoms with E-state index in [4.69, 9.17) is 10.5 Å². The highest BCUT2D eigenvalue weighted by Crippen LogP contribution is 2.21. The summed E-state index contributed by atoms with van der Waals surface area (Å²) in [4.78, 5) is 11.6. The van der Waals surface area contributed by atoms with Crippen molar-refractivity contribution in [2.24, 2.45) is 5.73 Å². The summed E-state index contributed by atoms with van der Waals surface area (Å²) in [5.74, 6) is -0.244. The zero-order valence-corrected chi connectivity index (χ0v) is 11.6. The average Bonchev–Trinajstić information content (AvgIpc) is 2.42. The maximum atomic E-state index is 11.9. The first-order valence-corrected chi connectivity index (χ1v) is 6.64. The highest BCUT2D eigenvalue weighted by Gasteiger charge is 2.25. The number of carbonyl (C=O) groups excluding carboxylic acids is 1. The van der Waals surface area contributed by atoms with Gasteiger partial charge >= 0.3 is 6.18 Å². The SMILES string of the molecule is NCc1ccc(NC(=O)CCOCCCC(F)(F)F)cc1. The molecule has 0 aliphatic carbocycles. The van der Waals surface area contributed by atoms with Gasteiger partial charge in [-0.15, -0.1) is 0 Å². The van der Waals surface area contributed by atoms with Crippen LogP contribution in [0.15, 0.2) is 24.3 Å². The Labute approximate surface area is 121 Å². The number of ether oxygens (including phenoxy) is 1. The van der Waals surface area contributed by atoms with Gasteiger partial charge in [0.15, 0.2) is 0 Å². The van der Waals surface area contributed by atoms with Crippen molar-refractivity contribution in [2.45, 2.75) is 32.0 Å². The molecule has 0 aliphatic rings. The first kappa shape index (κ1) is 17.5. The van der Waals surface area contributed by atoms with Crippen molar-refractivity contribution in [1.29, 1.82) is 0 Å². The van der Waals surface area contributed by atoms with Crippen LogP contribution >= 0.6 is 0 Å². The van der Waals surface area contributed by atoms with Gasteiger partial charge in [0.05, 0.1) is 13.0 Å². The smallest absolute Gasteiger partial charge is 0.381 e. The molecule has 7 heteroatoms. The standard InChI is InChI=1S/C14H19F3N2O2/c15-14(16,17)7-1-8-21-9-6-13(20)19-12-4-2-11(10-18)3-5-12/h2-5H,1,6-10,18H2,(H,19,20). The number of hydrogen-bond donors (Lipinski definition) is 2. The molecule has 1 amide bonds. The minimum atomic E-state index is -4.16. The van der Waals surface area contributed by atoms with E-state index in [1.54, 1.807) is 12.1 Å².